The standard InChI is InChI=1S/C13H26N2O/c1-4-11-7-5-6-8-15(11)13(16)12(9-14)10(2)3/h10-12H,4-9,14H2,1-3H3. The van der Waals surface area contributed by atoms with Crippen LogP contribution in [-0.2, 0) is 4.79 Å². The van der Waals surface area contributed by atoms with Gasteiger partial charge in [-0.25, -0.2) is 0 Å². The molecule has 2 atom stereocenters. The van der Waals surface area contributed by atoms with E-state index in [-0.39, 0.29) is 11.8 Å². The van der Waals surface area contributed by atoms with Crippen LogP contribution in [0.2, 0.25) is 0 Å². The van der Waals surface area contributed by atoms with Gasteiger partial charge in [0.2, 0.25) is 5.91 Å². The van der Waals surface area contributed by atoms with E-state index in [1.54, 1.807) is 0 Å². The van der Waals surface area contributed by atoms with Crippen LogP contribution in [0.4, 0.5) is 0 Å². The van der Waals surface area contributed by atoms with E-state index in [0.29, 0.717) is 18.5 Å². The molecule has 0 saturated carbocycles. The van der Waals surface area contributed by atoms with E-state index in [4.69, 9.17) is 5.73 Å². The molecule has 94 valence electrons. The zero-order valence-electron chi connectivity index (χ0n) is 10.9. The molecule has 1 fully saturated rings. The highest BCUT2D eigenvalue weighted by atomic mass is 16.2. The van der Waals surface area contributed by atoms with Crippen molar-refractivity contribution in [3.63, 3.8) is 0 Å². The zero-order valence-corrected chi connectivity index (χ0v) is 10.9. The number of piperidine rings is 1. The monoisotopic (exact) mass is 226 g/mol. The van der Waals surface area contributed by atoms with Gasteiger partial charge in [-0.15, -0.1) is 0 Å². The normalized spacial score (nSPS) is 23.6. The second-order valence-corrected chi connectivity index (χ2v) is 5.18. The summed E-state index contributed by atoms with van der Waals surface area (Å²) in [5.41, 5.74) is 5.72. The molecule has 1 heterocycles. The van der Waals surface area contributed by atoms with Gasteiger partial charge in [-0.3, -0.25) is 4.79 Å². The minimum absolute atomic E-state index is 0.00662. The first-order chi connectivity index (χ1) is 7.61. The summed E-state index contributed by atoms with van der Waals surface area (Å²) in [6.07, 6.45) is 4.65. The van der Waals surface area contributed by atoms with Crippen LogP contribution in [0.1, 0.15) is 46.5 Å². The van der Waals surface area contributed by atoms with Crippen molar-refractivity contribution in [3.8, 4) is 0 Å². The molecular weight excluding hydrogens is 200 g/mol. The second-order valence-electron chi connectivity index (χ2n) is 5.18. The predicted octanol–water partition coefficient (Wildman–Crippen LogP) is 2.01. The van der Waals surface area contributed by atoms with Gasteiger partial charge in [-0.05, 0) is 31.6 Å². The van der Waals surface area contributed by atoms with Gasteiger partial charge in [0.25, 0.3) is 0 Å². The molecule has 16 heavy (non-hydrogen) atoms. The van der Waals surface area contributed by atoms with Gasteiger partial charge < -0.3 is 10.6 Å². The third kappa shape index (κ3) is 2.97. The fourth-order valence-electron chi connectivity index (χ4n) is 2.59. The Morgan fingerprint density at radius 1 is 1.44 bits per heavy atom. The van der Waals surface area contributed by atoms with Crippen LogP contribution in [0.15, 0.2) is 0 Å². The van der Waals surface area contributed by atoms with Gasteiger partial charge >= 0.3 is 0 Å². The number of carbonyl (C=O) groups is 1. The Hall–Kier alpha value is -0.570. The van der Waals surface area contributed by atoms with Gasteiger partial charge in [0.05, 0.1) is 5.92 Å². The fraction of sp³-hybridized carbons (Fsp3) is 0.923. The summed E-state index contributed by atoms with van der Waals surface area (Å²) in [7, 11) is 0. The van der Waals surface area contributed by atoms with Crippen molar-refractivity contribution < 1.29 is 4.79 Å². The first-order valence-electron chi connectivity index (χ1n) is 6.62. The van der Waals surface area contributed by atoms with Crippen molar-refractivity contribution in [2.24, 2.45) is 17.6 Å². The summed E-state index contributed by atoms with van der Waals surface area (Å²) in [4.78, 5) is 14.5. The largest absolute Gasteiger partial charge is 0.339 e. The summed E-state index contributed by atoms with van der Waals surface area (Å²) in [6, 6.07) is 0.453. The van der Waals surface area contributed by atoms with Crippen LogP contribution in [0.3, 0.4) is 0 Å². The molecule has 1 aliphatic rings. The number of likely N-dealkylation sites (tertiary alicyclic amines) is 1. The van der Waals surface area contributed by atoms with Crippen molar-refractivity contribution in [1.82, 2.24) is 4.90 Å². The Balaban J connectivity index is 2.69. The first kappa shape index (κ1) is 13.5. The molecular formula is C13H26N2O. The smallest absolute Gasteiger partial charge is 0.227 e. The van der Waals surface area contributed by atoms with Crippen molar-refractivity contribution in [2.75, 3.05) is 13.1 Å². The second kappa shape index (κ2) is 6.24. The lowest BCUT2D eigenvalue weighted by Crippen LogP contribution is -2.48. The SMILES string of the molecule is CCC1CCCCN1C(=O)C(CN)C(C)C. The van der Waals surface area contributed by atoms with Crippen LogP contribution >= 0.6 is 0 Å². The van der Waals surface area contributed by atoms with Crippen LogP contribution < -0.4 is 5.73 Å². The van der Waals surface area contributed by atoms with Crippen LogP contribution in [0.5, 0.6) is 0 Å². The van der Waals surface area contributed by atoms with Gasteiger partial charge in [-0.2, -0.15) is 0 Å². The van der Waals surface area contributed by atoms with Gasteiger partial charge in [0.15, 0.2) is 0 Å². The average Bonchev–Trinajstić information content (AvgIpc) is 2.29. The lowest BCUT2D eigenvalue weighted by molar-refractivity contribution is -0.140. The molecule has 0 aliphatic carbocycles. The Kier molecular flexibility index (Phi) is 5.26. The van der Waals surface area contributed by atoms with Crippen molar-refractivity contribution >= 4 is 5.91 Å². The molecule has 2 unspecified atom stereocenters. The summed E-state index contributed by atoms with van der Waals surface area (Å²) in [5.74, 6) is 0.633. The quantitative estimate of drug-likeness (QED) is 0.797. The summed E-state index contributed by atoms with van der Waals surface area (Å²) < 4.78 is 0. The minimum Gasteiger partial charge on any atom is -0.339 e. The molecule has 3 heteroatoms. The Morgan fingerprint density at radius 3 is 2.62 bits per heavy atom. The molecule has 3 nitrogen and oxygen atoms in total. The summed E-state index contributed by atoms with van der Waals surface area (Å²) >= 11 is 0. The Bertz CT molecular complexity index is 228. The molecule has 0 aromatic heterocycles. The molecule has 0 spiro atoms. The zero-order chi connectivity index (χ0) is 12.1. The van der Waals surface area contributed by atoms with E-state index in [1.165, 1.54) is 6.42 Å². The van der Waals surface area contributed by atoms with Gasteiger partial charge in [0.1, 0.15) is 0 Å². The third-order valence-electron chi connectivity index (χ3n) is 3.76. The van der Waals surface area contributed by atoms with Crippen molar-refractivity contribution in [3.05, 3.63) is 0 Å². The van der Waals surface area contributed by atoms with Gasteiger partial charge in [0, 0.05) is 19.1 Å². The number of rotatable bonds is 4. The molecule has 1 rings (SSSR count). The highest BCUT2D eigenvalue weighted by Crippen LogP contribution is 2.23. The van der Waals surface area contributed by atoms with Crippen molar-refractivity contribution in [1.29, 1.82) is 0 Å². The predicted molar refractivity (Wildman–Crippen MR) is 67.0 cm³/mol. The highest BCUT2D eigenvalue weighted by molar-refractivity contribution is 5.79. The minimum atomic E-state index is 0.00662. The molecule has 1 aliphatic heterocycles. The molecule has 0 bridgehead atoms. The molecule has 0 aromatic carbocycles. The maximum absolute atomic E-state index is 12.4. The average molecular weight is 226 g/mol. The highest BCUT2D eigenvalue weighted by Gasteiger charge is 2.31. The number of hydrogen-bond acceptors (Lipinski definition) is 2. The van der Waals surface area contributed by atoms with Crippen LogP contribution in [0.25, 0.3) is 0 Å². The lowest BCUT2D eigenvalue weighted by atomic mass is 9.91. The molecule has 1 saturated heterocycles. The maximum atomic E-state index is 12.4. The first-order valence-corrected chi connectivity index (χ1v) is 6.62. The van der Waals surface area contributed by atoms with E-state index in [2.05, 4.69) is 25.7 Å². The molecule has 0 aromatic rings. The lowest BCUT2D eigenvalue weighted by Gasteiger charge is -2.38. The Labute approximate surface area is 99.4 Å². The van der Waals surface area contributed by atoms with Crippen LogP contribution in [-0.4, -0.2) is 29.9 Å². The molecule has 2 N–H and O–H groups in total. The maximum Gasteiger partial charge on any atom is 0.227 e. The third-order valence-corrected chi connectivity index (χ3v) is 3.76. The fourth-order valence-corrected chi connectivity index (χ4v) is 2.59. The van der Waals surface area contributed by atoms with Crippen molar-refractivity contribution in [2.45, 2.75) is 52.5 Å². The number of nitrogens with zero attached hydrogens (tertiary/aromatic N) is 1. The Morgan fingerprint density at radius 2 is 2.12 bits per heavy atom. The summed E-state index contributed by atoms with van der Waals surface area (Å²) in [6.45, 7) is 7.74. The van der Waals surface area contributed by atoms with E-state index < -0.39 is 0 Å². The van der Waals surface area contributed by atoms with E-state index in [0.717, 1.165) is 25.8 Å². The number of amides is 1. The van der Waals surface area contributed by atoms with Gasteiger partial charge in [-0.1, -0.05) is 20.8 Å². The summed E-state index contributed by atoms with van der Waals surface area (Å²) in [5, 5.41) is 0. The number of hydrogen-bond donors (Lipinski definition) is 1. The number of carbonyl (C=O) groups excluding carboxylic acids is 1. The molecule has 1 amide bonds. The number of nitrogens with two attached hydrogens (primary N) is 1. The van der Waals surface area contributed by atoms with Crippen LogP contribution in [0, 0.1) is 11.8 Å². The van der Waals surface area contributed by atoms with E-state index in [1.807, 2.05) is 0 Å². The topological polar surface area (TPSA) is 46.3 Å². The van der Waals surface area contributed by atoms with E-state index >= 15 is 0 Å². The van der Waals surface area contributed by atoms with E-state index in [9.17, 15) is 4.79 Å². The molecule has 0 radical (unpaired) electrons.